The van der Waals surface area contributed by atoms with Crippen molar-refractivity contribution in [3.8, 4) is 11.1 Å². The van der Waals surface area contributed by atoms with Gasteiger partial charge in [0.1, 0.15) is 16.7 Å². The van der Waals surface area contributed by atoms with Crippen molar-refractivity contribution in [1.82, 2.24) is 14.6 Å². The fourth-order valence-electron chi connectivity index (χ4n) is 5.98. The van der Waals surface area contributed by atoms with Gasteiger partial charge in [0.05, 0.1) is 10.6 Å². The van der Waals surface area contributed by atoms with E-state index < -0.39 is 11.0 Å². The second kappa shape index (κ2) is 12.2. The van der Waals surface area contributed by atoms with Crippen LogP contribution in [0.1, 0.15) is 86.7 Å². The molecule has 40 heavy (non-hydrogen) atoms. The van der Waals surface area contributed by atoms with Gasteiger partial charge in [-0.3, -0.25) is 9.59 Å². The number of Topliss-reactive ketones (excluding diaryl/α,β-unsaturated/α-hetero) is 1. The number of amides is 1. The highest BCUT2D eigenvalue weighted by Gasteiger charge is 2.31. The van der Waals surface area contributed by atoms with Crippen molar-refractivity contribution in [2.75, 3.05) is 11.5 Å². The van der Waals surface area contributed by atoms with Crippen LogP contribution in [0.15, 0.2) is 47.4 Å². The number of nitrogens with one attached hydrogen (secondary N) is 2. The molecule has 1 aliphatic carbocycles. The van der Waals surface area contributed by atoms with Gasteiger partial charge in [-0.05, 0) is 86.4 Å². The Kier molecular flexibility index (Phi) is 8.88. The summed E-state index contributed by atoms with van der Waals surface area (Å²) in [5.41, 5.74) is 2.46. The molecule has 1 atom stereocenters. The molecule has 2 heterocycles. The van der Waals surface area contributed by atoms with E-state index in [0.29, 0.717) is 16.3 Å². The minimum absolute atomic E-state index is 0.0265. The smallest absolute Gasteiger partial charge is 0.268 e. The molecule has 8 heteroatoms. The number of rotatable bonds is 7. The Bertz CT molecular complexity index is 1430. The number of nitrogens with zero attached hydrogens (tertiary/aromatic N) is 1. The van der Waals surface area contributed by atoms with E-state index >= 15 is 0 Å². The van der Waals surface area contributed by atoms with Crippen molar-refractivity contribution in [2.45, 2.75) is 82.2 Å². The first-order valence-corrected chi connectivity index (χ1v) is 16.8. The van der Waals surface area contributed by atoms with E-state index in [9.17, 15) is 13.8 Å². The van der Waals surface area contributed by atoms with Crippen molar-refractivity contribution in [2.24, 2.45) is 13.0 Å². The summed E-state index contributed by atoms with van der Waals surface area (Å²) in [6.45, 7) is 5.98. The number of fused-ring (bicyclic) bond motifs is 1. The van der Waals surface area contributed by atoms with Crippen LogP contribution in [0.4, 0.5) is 0 Å². The Morgan fingerprint density at radius 2 is 1.60 bits per heavy atom. The molecule has 2 aliphatic rings. The van der Waals surface area contributed by atoms with Gasteiger partial charge in [0, 0.05) is 30.1 Å². The first-order chi connectivity index (χ1) is 19.1. The standard InChI is InChI=1S/C32H41N3O3S2/c1-32(2,3)34-40(38)28-15-14-24(23-12-8-9-13-25(23)28)26-20-27(31(37)33-22-16-18-39-19-17-22)35(4)29(26)30(36)21-10-6-5-7-11-21/h8-9,12-15,20-22,34H,5-7,10-11,16-19H2,1-4H3,(H,33,37). The molecule has 1 unspecified atom stereocenters. The van der Waals surface area contributed by atoms with Gasteiger partial charge in [0.2, 0.25) is 0 Å². The average molecular weight is 580 g/mol. The molecule has 2 aromatic carbocycles. The van der Waals surface area contributed by atoms with E-state index in [1.54, 1.807) is 0 Å². The molecule has 1 aromatic heterocycles. The highest BCUT2D eigenvalue weighted by atomic mass is 32.2. The van der Waals surface area contributed by atoms with Crippen molar-refractivity contribution < 1.29 is 13.8 Å². The molecular formula is C32H41N3O3S2. The summed E-state index contributed by atoms with van der Waals surface area (Å²) >= 11 is 1.93. The largest absolute Gasteiger partial charge is 0.348 e. The first kappa shape index (κ1) is 29.1. The number of ketones is 1. The van der Waals surface area contributed by atoms with Crippen LogP contribution in [-0.4, -0.2) is 43.6 Å². The molecule has 1 saturated carbocycles. The Labute approximate surface area is 244 Å². The van der Waals surface area contributed by atoms with Crippen molar-refractivity contribution in [3.05, 3.63) is 53.9 Å². The van der Waals surface area contributed by atoms with Crippen molar-refractivity contribution in [3.63, 3.8) is 0 Å². The Balaban J connectivity index is 1.62. The van der Waals surface area contributed by atoms with E-state index in [4.69, 9.17) is 0 Å². The SMILES string of the molecule is Cn1c(C(=O)NC2CCSCC2)cc(-c2ccc(S(=O)NC(C)(C)C)c3ccccc23)c1C(=O)C1CCCCC1. The number of benzene rings is 2. The lowest BCUT2D eigenvalue weighted by Gasteiger charge is -2.23. The molecule has 0 spiro atoms. The number of thioether (sulfide) groups is 1. The third-order valence-electron chi connectivity index (χ3n) is 8.00. The fourth-order valence-corrected chi connectivity index (χ4v) is 8.33. The molecule has 1 amide bonds. The highest BCUT2D eigenvalue weighted by molar-refractivity contribution is 7.99. The first-order valence-electron chi connectivity index (χ1n) is 14.5. The second-order valence-electron chi connectivity index (χ2n) is 12.2. The second-order valence-corrected chi connectivity index (χ2v) is 14.6. The molecule has 0 radical (unpaired) electrons. The summed E-state index contributed by atoms with van der Waals surface area (Å²) in [4.78, 5) is 28.4. The van der Waals surface area contributed by atoms with Gasteiger partial charge < -0.3 is 9.88 Å². The number of carbonyl (C=O) groups excluding carboxylic acids is 2. The van der Waals surface area contributed by atoms with Crippen LogP contribution in [-0.2, 0) is 18.0 Å². The summed E-state index contributed by atoms with van der Waals surface area (Å²) in [5, 5.41) is 5.03. The third-order valence-corrected chi connectivity index (χ3v) is 10.6. The lowest BCUT2D eigenvalue weighted by molar-refractivity contribution is 0.0881. The van der Waals surface area contributed by atoms with E-state index in [2.05, 4.69) is 10.0 Å². The van der Waals surface area contributed by atoms with Crippen LogP contribution in [0.25, 0.3) is 21.9 Å². The number of carbonyl (C=O) groups is 2. The zero-order valence-electron chi connectivity index (χ0n) is 24.0. The molecule has 1 aliphatic heterocycles. The van der Waals surface area contributed by atoms with Crippen molar-refractivity contribution >= 4 is 45.2 Å². The molecule has 0 bridgehead atoms. The summed E-state index contributed by atoms with van der Waals surface area (Å²) in [5.74, 6) is 2.08. The fraction of sp³-hybridized carbons (Fsp3) is 0.500. The monoisotopic (exact) mass is 579 g/mol. The van der Waals surface area contributed by atoms with Gasteiger partial charge in [0.15, 0.2) is 5.78 Å². The number of aromatic nitrogens is 1. The minimum atomic E-state index is -1.41. The molecule has 5 rings (SSSR count). The summed E-state index contributed by atoms with van der Waals surface area (Å²) in [6, 6.07) is 13.8. The minimum Gasteiger partial charge on any atom is -0.348 e. The topological polar surface area (TPSA) is 80.2 Å². The van der Waals surface area contributed by atoms with Gasteiger partial charge in [-0.25, -0.2) is 8.93 Å². The zero-order valence-corrected chi connectivity index (χ0v) is 25.7. The molecule has 6 nitrogen and oxygen atoms in total. The van der Waals surface area contributed by atoms with Crippen LogP contribution >= 0.6 is 11.8 Å². The average Bonchev–Trinajstić information content (AvgIpc) is 3.28. The number of hydrogen-bond acceptors (Lipinski definition) is 4. The van der Waals surface area contributed by atoms with E-state index in [1.807, 2.05) is 86.6 Å². The maximum Gasteiger partial charge on any atom is 0.268 e. The lowest BCUT2D eigenvalue weighted by Crippen LogP contribution is -2.38. The predicted octanol–water partition coefficient (Wildman–Crippen LogP) is 6.64. The summed E-state index contributed by atoms with van der Waals surface area (Å²) in [6.07, 6.45) is 7.01. The molecule has 1 saturated heterocycles. The third kappa shape index (κ3) is 6.24. The Hall–Kier alpha value is -2.42. The predicted molar refractivity (Wildman–Crippen MR) is 166 cm³/mol. The van der Waals surface area contributed by atoms with Gasteiger partial charge >= 0.3 is 0 Å². The van der Waals surface area contributed by atoms with Crippen LogP contribution in [0.2, 0.25) is 0 Å². The van der Waals surface area contributed by atoms with E-state index in [1.165, 1.54) is 6.42 Å². The molecule has 2 fully saturated rings. The number of hydrogen-bond donors (Lipinski definition) is 2. The summed E-state index contributed by atoms with van der Waals surface area (Å²) in [7, 11) is 0.442. The quantitative estimate of drug-likeness (QED) is 0.308. The van der Waals surface area contributed by atoms with Gasteiger partial charge in [-0.15, -0.1) is 0 Å². The molecule has 3 aromatic rings. The molecule has 214 valence electrons. The maximum atomic E-state index is 14.1. The Morgan fingerprint density at radius 3 is 2.27 bits per heavy atom. The van der Waals surface area contributed by atoms with Gasteiger partial charge in [0.25, 0.3) is 5.91 Å². The summed E-state index contributed by atoms with van der Waals surface area (Å²) < 4.78 is 18.3. The van der Waals surface area contributed by atoms with E-state index in [-0.39, 0.29) is 29.2 Å². The lowest BCUT2D eigenvalue weighted by atomic mass is 9.84. The molecular weight excluding hydrogens is 539 g/mol. The normalized spacial score (nSPS) is 18.1. The van der Waals surface area contributed by atoms with E-state index in [0.717, 1.165) is 71.9 Å². The zero-order chi connectivity index (χ0) is 28.4. The van der Waals surface area contributed by atoms with Gasteiger partial charge in [-0.1, -0.05) is 49.6 Å². The van der Waals surface area contributed by atoms with Crippen molar-refractivity contribution in [1.29, 1.82) is 0 Å². The van der Waals surface area contributed by atoms with Crippen LogP contribution < -0.4 is 10.0 Å². The molecule has 2 N–H and O–H groups in total. The van der Waals surface area contributed by atoms with Gasteiger partial charge in [-0.2, -0.15) is 11.8 Å². The van der Waals surface area contributed by atoms with Crippen LogP contribution in [0.5, 0.6) is 0 Å². The highest BCUT2D eigenvalue weighted by Crippen LogP contribution is 2.38. The maximum absolute atomic E-state index is 14.1. The van der Waals surface area contributed by atoms with Crippen LogP contribution in [0.3, 0.4) is 0 Å². The van der Waals surface area contributed by atoms with Crippen LogP contribution in [0, 0.1) is 5.92 Å². The Morgan fingerprint density at radius 1 is 0.925 bits per heavy atom.